The Labute approximate surface area is 162 Å². The summed E-state index contributed by atoms with van der Waals surface area (Å²) < 4.78 is 32.7. The molecular formula is C22H21F2N3O. The number of amidine groups is 1. The van der Waals surface area contributed by atoms with Gasteiger partial charge in [0.05, 0.1) is 0 Å². The minimum atomic E-state index is -0.504. The summed E-state index contributed by atoms with van der Waals surface area (Å²) in [6.07, 6.45) is 0.812. The molecule has 0 fully saturated rings. The fourth-order valence-electron chi connectivity index (χ4n) is 2.77. The maximum Gasteiger partial charge on any atom is 0.130 e. The normalized spacial score (nSPS) is 10.5. The zero-order chi connectivity index (χ0) is 20.1. The van der Waals surface area contributed by atoms with Crippen LogP contribution < -0.4 is 15.8 Å². The Morgan fingerprint density at radius 2 is 1.75 bits per heavy atom. The first-order valence-electron chi connectivity index (χ1n) is 8.87. The molecule has 3 rings (SSSR count). The number of ether oxygens (including phenoxy) is 1. The summed E-state index contributed by atoms with van der Waals surface area (Å²) in [6.45, 7) is 1.98. The molecular weight excluding hydrogens is 360 g/mol. The third-order valence-corrected chi connectivity index (χ3v) is 4.34. The van der Waals surface area contributed by atoms with Crippen molar-refractivity contribution in [3.63, 3.8) is 0 Å². The molecule has 0 atom stereocenters. The van der Waals surface area contributed by atoms with Crippen LogP contribution in [0.2, 0.25) is 0 Å². The lowest BCUT2D eigenvalue weighted by Gasteiger charge is -2.14. The van der Waals surface area contributed by atoms with Gasteiger partial charge in [-0.05, 0) is 60.5 Å². The van der Waals surface area contributed by atoms with Crippen LogP contribution in [0.25, 0.3) is 0 Å². The Bertz CT molecular complexity index is 988. The summed E-state index contributed by atoms with van der Waals surface area (Å²) >= 11 is 0. The van der Waals surface area contributed by atoms with E-state index < -0.39 is 11.6 Å². The summed E-state index contributed by atoms with van der Waals surface area (Å²) in [6, 6.07) is 16.1. The number of aryl methyl sites for hydroxylation is 1. The number of nitrogens with one attached hydrogen (secondary N) is 2. The van der Waals surface area contributed by atoms with Crippen molar-refractivity contribution in [2.45, 2.75) is 20.0 Å². The third-order valence-electron chi connectivity index (χ3n) is 4.34. The first-order chi connectivity index (χ1) is 13.5. The second-order valence-corrected chi connectivity index (χ2v) is 6.31. The highest BCUT2D eigenvalue weighted by molar-refractivity contribution is 5.95. The molecule has 6 heteroatoms. The zero-order valence-electron chi connectivity index (χ0n) is 15.4. The summed E-state index contributed by atoms with van der Waals surface area (Å²) in [5, 5.41) is 10.8. The molecule has 4 nitrogen and oxygen atoms in total. The first kappa shape index (κ1) is 19.4. The molecule has 0 unspecified atom stereocenters. The number of anilines is 2. The summed E-state index contributed by atoms with van der Waals surface area (Å²) in [4.78, 5) is 0. The smallest absolute Gasteiger partial charge is 0.130 e. The molecule has 0 spiro atoms. The SMILES string of the molecule is CCc1ccc(OCc2cc(F)ccc2F)cc1Nc1ccc(C(=N)N)cc1. The van der Waals surface area contributed by atoms with Crippen molar-refractivity contribution in [3.8, 4) is 5.75 Å². The Balaban J connectivity index is 1.77. The fraction of sp³-hybridized carbons (Fsp3) is 0.136. The number of nitrogens with two attached hydrogens (primary N) is 1. The van der Waals surface area contributed by atoms with Crippen molar-refractivity contribution in [2.24, 2.45) is 5.73 Å². The van der Waals surface area contributed by atoms with E-state index in [9.17, 15) is 8.78 Å². The Morgan fingerprint density at radius 1 is 1.00 bits per heavy atom. The van der Waals surface area contributed by atoms with Crippen LogP contribution in [-0.2, 0) is 13.0 Å². The van der Waals surface area contributed by atoms with Gasteiger partial charge in [-0.2, -0.15) is 0 Å². The lowest BCUT2D eigenvalue weighted by molar-refractivity contribution is 0.299. The molecule has 0 heterocycles. The summed E-state index contributed by atoms with van der Waals surface area (Å²) in [5.41, 5.74) is 9.07. The number of benzene rings is 3. The summed E-state index contributed by atoms with van der Waals surface area (Å²) in [5.74, 6) is -0.447. The van der Waals surface area contributed by atoms with Gasteiger partial charge in [0.25, 0.3) is 0 Å². The van der Waals surface area contributed by atoms with E-state index in [1.165, 1.54) is 0 Å². The van der Waals surface area contributed by atoms with Crippen LogP contribution in [0.1, 0.15) is 23.6 Å². The zero-order valence-corrected chi connectivity index (χ0v) is 15.4. The van der Waals surface area contributed by atoms with Crippen molar-refractivity contribution >= 4 is 17.2 Å². The minimum Gasteiger partial charge on any atom is -0.489 e. The molecule has 0 bridgehead atoms. The number of halogens is 2. The van der Waals surface area contributed by atoms with Crippen LogP contribution in [0.4, 0.5) is 20.2 Å². The number of rotatable bonds is 7. The van der Waals surface area contributed by atoms with E-state index in [4.69, 9.17) is 15.9 Å². The second-order valence-electron chi connectivity index (χ2n) is 6.31. The topological polar surface area (TPSA) is 71.1 Å². The van der Waals surface area contributed by atoms with Gasteiger partial charge >= 0.3 is 0 Å². The predicted molar refractivity (Wildman–Crippen MR) is 107 cm³/mol. The number of hydrogen-bond acceptors (Lipinski definition) is 3. The molecule has 0 aromatic heterocycles. The van der Waals surface area contributed by atoms with Crippen LogP contribution in [0.5, 0.6) is 5.75 Å². The quantitative estimate of drug-likeness (QED) is 0.392. The summed E-state index contributed by atoms with van der Waals surface area (Å²) in [7, 11) is 0. The van der Waals surface area contributed by atoms with E-state index in [0.29, 0.717) is 11.3 Å². The first-order valence-corrected chi connectivity index (χ1v) is 8.87. The van der Waals surface area contributed by atoms with E-state index in [1.807, 2.05) is 31.2 Å². The standard InChI is InChI=1S/C22H21F2N3O/c1-2-14-5-9-19(28-13-16-11-17(23)6-10-20(16)24)12-21(14)27-18-7-3-15(4-8-18)22(25)26/h3-12,27H,2,13H2,1H3,(H3,25,26). The highest BCUT2D eigenvalue weighted by Gasteiger charge is 2.08. The molecule has 0 aliphatic rings. The Morgan fingerprint density at radius 3 is 2.43 bits per heavy atom. The third kappa shape index (κ3) is 4.65. The lowest BCUT2D eigenvalue weighted by atomic mass is 10.1. The molecule has 0 saturated heterocycles. The van der Waals surface area contributed by atoms with Crippen molar-refractivity contribution in [1.29, 1.82) is 5.41 Å². The van der Waals surface area contributed by atoms with E-state index >= 15 is 0 Å². The molecule has 0 aliphatic carbocycles. The fourth-order valence-corrected chi connectivity index (χ4v) is 2.77. The second kappa shape index (κ2) is 8.52. The van der Waals surface area contributed by atoms with E-state index in [-0.39, 0.29) is 18.0 Å². The number of hydrogen-bond donors (Lipinski definition) is 3. The van der Waals surface area contributed by atoms with Gasteiger partial charge in [0.2, 0.25) is 0 Å². The number of nitrogen functional groups attached to an aromatic ring is 1. The van der Waals surface area contributed by atoms with Gasteiger partial charge in [-0.3, -0.25) is 5.41 Å². The molecule has 0 amide bonds. The molecule has 28 heavy (non-hydrogen) atoms. The average molecular weight is 381 g/mol. The molecule has 0 aliphatic heterocycles. The molecule has 3 aromatic rings. The van der Waals surface area contributed by atoms with E-state index in [1.54, 1.807) is 18.2 Å². The van der Waals surface area contributed by atoms with Crippen molar-refractivity contribution < 1.29 is 13.5 Å². The van der Waals surface area contributed by atoms with Crippen LogP contribution in [0.3, 0.4) is 0 Å². The molecule has 3 aromatic carbocycles. The molecule has 0 radical (unpaired) electrons. The van der Waals surface area contributed by atoms with E-state index in [0.717, 1.165) is 41.6 Å². The van der Waals surface area contributed by atoms with Crippen LogP contribution in [0.15, 0.2) is 60.7 Å². The van der Waals surface area contributed by atoms with Gasteiger partial charge in [0, 0.05) is 28.6 Å². The Hall–Kier alpha value is -3.41. The van der Waals surface area contributed by atoms with E-state index in [2.05, 4.69) is 5.32 Å². The van der Waals surface area contributed by atoms with Gasteiger partial charge in [-0.15, -0.1) is 0 Å². The molecule has 0 saturated carbocycles. The minimum absolute atomic E-state index is 0.0146. The highest BCUT2D eigenvalue weighted by atomic mass is 19.1. The van der Waals surface area contributed by atoms with Crippen LogP contribution in [-0.4, -0.2) is 5.84 Å². The maximum atomic E-state index is 13.8. The van der Waals surface area contributed by atoms with Gasteiger partial charge in [-0.1, -0.05) is 13.0 Å². The molecule has 4 N–H and O–H groups in total. The van der Waals surface area contributed by atoms with Gasteiger partial charge in [-0.25, -0.2) is 8.78 Å². The van der Waals surface area contributed by atoms with Gasteiger partial charge in [0.1, 0.15) is 29.8 Å². The largest absolute Gasteiger partial charge is 0.489 e. The van der Waals surface area contributed by atoms with Crippen molar-refractivity contribution in [2.75, 3.05) is 5.32 Å². The van der Waals surface area contributed by atoms with Crippen LogP contribution >= 0.6 is 0 Å². The Kier molecular flexibility index (Phi) is 5.89. The highest BCUT2D eigenvalue weighted by Crippen LogP contribution is 2.27. The van der Waals surface area contributed by atoms with Gasteiger partial charge < -0.3 is 15.8 Å². The van der Waals surface area contributed by atoms with Crippen LogP contribution in [0, 0.1) is 17.0 Å². The van der Waals surface area contributed by atoms with Gasteiger partial charge in [0.15, 0.2) is 0 Å². The maximum absolute atomic E-state index is 13.8. The monoisotopic (exact) mass is 381 g/mol. The predicted octanol–water partition coefficient (Wildman–Crippen LogP) is 5.13. The molecule has 144 valence electrons. The van der Waals surface area contributed by atoms with Crippen molar-refractivity contribution in [1.82, 2.24) is 0 Å². The lowest BCUT2D eigenvalue weighted by Crippen LogP contribution is -2.10. The average Bonchev–Trinajstić information content (AvgIpc) is 2.69. The van der Waals surface area contributed by atoms with Crippen molar-refractivity contribution in [3.05, 3.63) is 89.0 Å².